The molecular formula is C21H25N7O3S. The van der Waals surface area contributed by atoms with Gasteiger partial charge in [-0.15, -0.1) is 0 Å². The number of amides is 1. The average Bonchev–Trinajstić information content (AvgIpc) is 2.81. The Kier molecular flexibility index (Phi) is 7.23. The van der Waals surface area contributed by atoms with Crippen molar-refractivity contribution in [3.63, 3.8) is 0 Å². The summed E-state index contributed by atoms with van der Waals surface area (Å²) in [6.45, 7) is 4.38. The quantitative estimate of drug-likeness (QED) is 0.361. The molecule has 32 heavy (non-hydrogen) atoms. The normalized spacial score (nSPS) is 11.2. The number of anilines is 4. The number of sulfonamides is 1. The minimum atomic E-state index is -3.54. The molecule has 0 radical (unpaired) electrons. The minimum Gasteiger partial charge on any atom is -0.393 e. The Morgan fingerprint density at radius 1 is 0.969 bits per heavy atom. The van der Waals surface area contributed by atoms with Crippen LogP contribution < -0.4 is 21.9 Å². The van der Waals surface area contributed by atoms with Gasteiger partial charge in [-0.05, 0) is 36.4 Å². The van der Waals surface area contributed by atoms with E-state index in [-0.39, 0.29) is 22.3 Å². The Hall–Kier alpha value is -3.70. The van der Waals surface area contributed by atoms with Crippen LogP contribution in [0.2, 0.25) is 0 Å². The zero-order valence-electron chi connectivity index (χ0n) is 17.7. The fourth-order valence-electron chi connectivity index (χ4n) is 2.93. The third kappa shape index (κ3) is 5.13. The van der Waals surface area contributed by atoms with Crippen LogP contribution in [0.4, 0.5) is 23.0 Å². The van der Waals surface area contributed by atoms with Gasteiger partial charge >= 0.3 is 0 Å². The van der Waals surface area contributed by atoms with Crippen molar-refractivity contribution in [2.75, 3.05) is 29.6 Å². The van der Waals surface area contributed by atoms with E-state index >= 15 is 0 Å². The smallest absolute Gasteiger partial charge is 0.269 e. The summed E-state index contributed by atoms with van der Waals surface area (Å²) in [5, 5.41) is 3.03. The van der Waals surface area contributed by atoms with E-state index in [9.17, 15) is 13.2 Å². The molecule has 5 N–H and O–H groups in total. The first-order valence-electron chi connectivity index (χ1n) is 9.96. The van der Waals surface area contributed by atoms with Gasteiger partial charge in [0.05, 0.1) is 4.90 Å². The highest BCUT2D eigenvalue weighted by Gasteiger charge is 2.21. The van der Waals surface area contributed by atoms with Gasteiger partial charge in [0, 0.05) is 24.3 Å². The molecular weight excluding hydrogens is 430 g/mol. The molecule has 168 valence electrons. The highest BCUT2D eigenvalue weighted by molar-refractivity contribution is 7.89. The van der Waals surface area contributed by atoms with Crippen LogP contribution in [0, 0.1) is 0 Å². The number of hydrogen-bond donors (Lipinski definition) is 4. The molecule has 11 heteroatoms. The molecule has 0 atom stereocenters. The van der Waals surface area contributed by atoms with Gasteiger partial charge in [-0.1, -0.05) is 32.0 Å². The van der Waals surface area contributed by atoms with E-state index < -0.39 is 10.0 Å². The molecule has 3 aromatic rings. The second kappa shape index (κ2) is 10.1. The lowest BCUT2D eigenvalue weighted by molar-refractivity contribution is 0.0962. The van der Waals surface area contributed by atoms with Crippen molar-refractivity contribution >= 4 is 38.9 Å². The summed E-state index contributed by atoms with van der Waals surface area (Å²) in [4.78, 5) is 20.5. The van der Waals surface area contributed by atoms with Crippen LogP contribution in [-0.4, -0.2) is 41.7 Å². The number of aromatic nitrogens is 2. The highest BCUT2D eigenvalue weighted by atomic mass is 32.2. The van der Waals surface area contributed by atoms with E-state index in [1.807, 2.05) is 6.07 Å². The van der Waals surface area contributed by atoms with Crippen LogP contribution in [0.1, 0.15) is 24.2 Å². The fraction of sp³-hybridized carbons (Fsp3) is 0.190. The van der Waals surface area contributed by atoms with Crippen molar-refractivity contribution in [1.82, 2.24) is 19.7 Å². The monoisotopic (exact) mass is 455 g/mol. The van der Waals surface area contributed by atoms with Crippen molar-refractivity contribution < 1.29 is 13.2 Å². The zero-order chi connectivity index (χ0) is 23.1. The second-order valence-electron chi connectivity index (χ2n) is 6.67. The Labute approximate surface area is 186 Å². The molecule has 0 aliphatic heterocycles. The number of nitrogens with one attached hydrogen (secondary N) is 3. The van der Waals surface area contributed by atoms with Crippen molar-refractivity contribution in [3.05, 3.63) is 66.5 Å². The molecule has 3 rings (SSSR count). The predicted molar refractivity (Wildman–Crippen MR) is 124 cm³/mol. The molecule has 0 aliphatic rings. The van der Waals surface area contributed by atoms with Gasteiger partial charge in [0.25, 0.3) is 5.91 Å². The van der Waals surface area contributed by atoms with Crippen LogP contribution >= 0.6 is 0 Å². The van der Waals surface area contributed by atoms with Crippen molar-refractivity contribution in [2.45, 2.75) is 18.7 Å². The first-order chi connectivity index (χ1) is 15.4. The van der Waals surface area contributed by atoms with Gasteiger partial charge < -0.3 is 11.1 Å². The SMILES string of the molecule is CCN(CC)S(=O)(=O)c1ccc(Nc2ncnc(NNC(=O)c3ccccc3)c2N)cc1. The van der Waals surface area contributed by atoms with Gasteiger partial charge in [0.15, 0.2) is 11.6 Å². The largest absolute Gasteiger partial charge is 0.393 e. The van der Waals surface area contributed by atoms with Crippen molar-refractivity contribution in [2.24, 2.45) is 0 Å². The predicted octanol–water partition coefficient (Wildman–Crippen LogP) is 2.59. The molecule has 0 unspecified atom stereocenters. The molecule has 10 nitrogen and oxygen atoms in total. The topological polar surface area (TPSA) is 142 Å². The molecule has 1 aromatic heterocycles. The first-order valence-corrected chi connectivity index (χ1v) is 11.4. The lowest BCUT2D eigenvalue weighted by atomic mass is 10.2. The van der Waals surface area contributed by atoms with Crippen molar-refractivity contribution in [1.29, 1.82) is 0 Å². The summed E-state index contributed by atoms with van der Waals surface area (Å²) >= 11 is 0. The van der Waals surface area contributed by atoms with E-state index in [1.165, 1.54) is 22.8 Å². The summed E-state index contributed by atoms with van der Waals surface area (Å²) < 4.78 is 26.6. The number of nitrogens with two attached hydrogens (primary N) is 1. The molecule has 1 amide bonds. The van der Waals surface area contributed by atoms with Gasteiger partial charge in [0.2, 0.25) is 10.0 Å². The van der Waals surface area contributed by atoms with Gasteiger partial charge in [-0.2, -0.15) is 4.31 Å². The number of carbonyl (C=O) groups is 1. The van der Waals surface area contributed by atoms with Gasteiger partial charge in [0.1, 0.15) is 12.0 Å². The van der Waals surface area contributed by atoms with Crippen LogP contribution in [0.15, 0.2) is 65.8 Å². The lowest BCUT2D eigenvalue weighted by Gasteiger charge is -2.18. The molecule has 1 heterocycles. The van der Waals surface area contributed by atoms with Crippen molar-refractivity contribution in [3.8, 4) is 0 Å². The van der Waals surface area contributed by atoms with E-state index in [2.05, 4.69) is 26.1 Å². The maximum atomic E-state index is 12.6. The Bertz CT molecular complexity index is 1170. The van der Waals surface area contributed by atoms with Crippen LogP contribution in [0.25, 0.3) is 0 Å². The summed E-state index contributed by atoms with van der Waals surface area (Å²) in [6, 6.07) is 15.0. The maximum Gasteiger partial charge on any atom is 0.269 e. The number of carbonyl (C=O) groups excluding carboxylic acids is 1. The molecule has 2 aromatic carbocycles. The fourth-order valence-corrected chi connectivity index (χ4v) is 4.39. The van der Waals surface area contributed by atoms with Gasteiger partial charge in [-0.3, -0.25) is 15.6 Å². The molecule has 0 spiro atoms. The van der Waals surface area contributed by atoms with Gasteiger partial charge in [-0.25, -0.2) is 18.4 Å². The summed E-state index contributed by atoms with van der Waals surface area (Å²) in [5.41, 5.74) is 12.6. The molecule has 0 saturated heterocycles. The van der Waals surface area contributed by atoms with Crippen LogP contribution in [0.3, 0.4) is 0 Å². The highest BCUT2D eigenvalue weighted by Crippen LogP contribution is 2.26. The number of hydrogen-bond acceptors (Lipinski definition) is 8. The van der Waals surface area contributed by atoms with E-state index in [0.717, 1.165) is 0 Å². The zero-order valence-corrected chi connectivity index (χ0v) is 18.6. The Morgan fingerprint density at radius 3 is 2.22 bits per heavy atom. The molecule has 0 bridgehead atoms. The molecule has 0 fully saturated rings. The maximum absolute atomic E-state index is 12.6. The Balaban J connectivity index is 1.71. The number of nitrogen functional groups attached to an aromatic ring is 1. The van der Waals surface area contributed by atoms with E-state index in [4.69, 9.17) is 5.73 Å². The second-order valence-corrected chi connectivity index (χ2v) is 8.61. The van der Waals surface area contributed by atoms with Crippen LogP contribution in [0.5, 0.6) is 0 Å². The third-order valence-electron chi connectivity index (χ3n) is 4.67. The van der Waals surface area contributed by atoms with E-state index in [1.54, 1.807) is 50.2 Å². The number of rotatable bonds is 9. The number of benzene rings is 2. The standard InChI is InChI=1S/C21H25N7O3S/c1-3-28(4-2)32(30,31)17-12-10-16(11-13-17)25-19-18(22)20(24-14-23-19)26-27-21(29)15-8-6-5-7-9-15/h5-14H,3-4,22H2,1-2H3,(H,27,29)(H2,23,24,25,26). The summed E-state index contributed by atoms with van der Waals surface area (Å²) in [5.74, 6) is 0.173. The molecule has 0 aliphatic carbocycles. The minimum absolute atomic E-state index is 0.181. The average molecular weight is 456 g/mol. The number of hydrazine groups is 1. The summed E-state index contributed by atoms with van der Waals surface area (Å²) in [7, 11) is -3.54. The summed E-state index contributed by atoms with van der Waals surface area (Å²) in [6.07, 6.45) is 1.29. The molecule has 0 saturated carbocycles. The lowest BCUT2D eigenvalue weighted by Crippen LogP contribution is -2.30. The first kappa shape index (κ1) is 23.0. The third-order valence-corrected chi connectivity index (χ3v) is 6.74. The number of nitrogens with zero attached hydrogens (tertiary/aromatic N) is 3. The van der Waals surface area contributed by atoms with E-state index in [0.29, 0.717) is 30.2 Å². The Morgan fingerprint density at radius 2 is 1.59 bits per heavy atom. The van der Waals surface area contributed by atoms with Crippen LogP contribution in [-0.2, 0) is 10.0 Å².